The second kappa shape index (κ2) is 4.14. The molecule has 0 radical (unpaired) electrons. The molecule has 1 atom stereocenters. The van der Waals surface area contributed by atoms with Crippen LogP contribution in [-0.4, -0.2) is 15.9 Å². The molecule has 1 aromatic rings. The first-order valence-corrected chi connectivity index (χ1v) is 4.45. The summed E-state index contributed by atoms with van der Waals surface area (Å²) >= 11 is 0. The van der Waals surface area contributed by atoms with Gasteiger partial charge in [-0.25, -0.2) is 0 Å². The Kier molecular flexibility index (Phi) is 3.14. The van der Waals surface area contributed by atoms with Crippen LogP contribution >= 0.6 is 0 Å². The van der Waals surface area contributed by atoms with Crippen molar-refractivity contribution in [1.29, 1.82) is 0 Å². The van der Waals surface area contributed by atoms with Crippen LogP contribution in [0.5, 0.6) is 5.75 Å². The van der Waals surface area contributed by atoms with Gasteiger partial charge in [0.25, 0.3) is 0 Å². The predicted molar refractivity (Wildman–Crippen MR) is 48.3 cm³/mol. The maximum atomic E-state index is 5.56. The minimum absolute atomic E-state index is 0.277. The molecule has 68 valence electrons. The maximum Gasteiger partial charge on any atom is 0.157 e. The van der Waals surface area contributed by atoms with Gasteiger partial charge in [-0.1, -0.05) is 6.92 Å². The molecule has 1 unspecified atom stereocenters. The van der Waals surface area contributed by atoms with Crippen molar-refractivity contribution in [2.45, 2.75) is 39.8 Å². The van der Waals surface area contributed by atoms with E-state index in [1.165, 1.54) is 0 Å². The van der Waals surface area contributed by atoms with Crippen LogP contribution in [0.1, 0.15) is 27.2 Å². The Bertz CT molecular complexity index is 232. The first kappa shape index (κ1) is 9.10. The first-order chi connectivity index (χ1) is 5.76. The molecule has 0 aliphatic heterocycles. The van der Waals surface area contributed by atoms with Crippen molar-refractivity contribution in [2.75, 3.05) is 0 Å². The van der Waals surface area contributed by atoms with Gasteiger partial charge in [0, 0.05) is 6.54 Å². The second-order valence-electron chi connectivity index (χ2n) is 2.87. The molecule has 0 aliphatic rings. The lowest BCUT2D eigenvalue weighted by molar-refractivity contribution is 0.217. The lowest BCUT2D eigenvalue weighted by Crippen LogP contribution is -2.08. The van der Waals surface area contributed by atoms with Crippen molar-refractivity contribution in [2.24, 2.45) is 0 Å². The van der Waals surface area contributed by atoms with Gasteiger partial charge in [0.05, 0.1) is 18.5 Å². The van der Waals surface area contributed by atoms with Crippen molar-refractivity contribution in [1.82, 2.24) is 9.78 Å². The molecule has 0 saturated heterocycles. The molecular formula is C9H16N2O. The van der Waals surface area contributed by atoms with Gasteiger partial charge in [0.2, 0.25) is 0 Å². The monoisotopic (exact) mass is 168 g/mol. The summed E-state index contributed by atoms with van der Waals surface area (Å²) in [5.41, 5.74) is 0. The van der Waals surface area contributed by atoms with Crippen LogP contribution in [0.2, 0.25) is 0 Å². The van der Waals surface area contributed by atoms with E-state index in [-0.39, 0.29) is 6.10 Å². The van der Waals surface area contributed by atoms with E-state index in [4.69, 9.17) is 4.74 Å². The zero-order valence-electron chi connectivity index (χ0n) is 7.95. The number of rotatable bonds is 4. The Labute approximate surface area is 73.3 Å². The minimum Gasteiger partial charge on any atom is -0.487 e. The predicted octanol–water partition coefficient (Wildman–Crippen LogP) is 2.08. The summed E-state index contributed by atoms with van der Waals surface area (Å²) in [5.74, 6) is 0.867. The third-order valence-corrected chi connectivity index (χ3v) is 1.85. The SMILES string of the molecule is CCC(C)Oc1cnn(CC)c1. The highest BCUT2D eigenvalue weighted by molar-refractivity contribution is 5.11. The molecule has 1 rings (SSSR count). The van der Waals surface area contributed by atoms with E-state index in [1.54, 1.807) is 6.20 Å². The zero-order chi connectivity index (χ0) is 8.97. The fourth-order valence-electron chi connectivity index (χ4n) is 0.894. The van der Waals surface area contributed by atoms with Gasteiger partial charge in [-0.2, -0.15) is 5.10 Å². The summed E-state index contributed by atoms with van der Waals surface area (Å²) in [6.07, 6.45) is 4.98. The van der Waals surface area contributed by atoms with Gasteiger partial charge in [-0.15, -0.1) is 0 Å². The topological polar surface area (TPSA) is 27.1 Å². The Morgan fingerprint density at radius 3 is 2.83 bits per heavy atom. The van der Waals surface area contributed by atoms with E-state index < -0.39 is 0 Å². The molecule has 0 aromatic carbocycles. The Balaban J connectivity index is 2.52. The highest BCUT2D eigenvalue weighted by Gasteiger charge is 2.02. The van der Waals surface area contributed by atoms with Crippen LogP contribution in [0.3, 0.4) is 0 Å². The van der Waals surface area contributed by atoms with E-state index in [1.807, 2.05) is 10.9 Å². The molecule has 0 saturated carbocycles. The summed E-state index contributed by atoms with van der Waals surface area (Å²) in [5, 5.41) is 4.11. The van der Waals surface area contributed by atoms with Crippen LogP contribution in [0, 0.1) is 0 Å². The van der Waals surface area contributed by atoms with Crippen molar-refractivity contribution in [3.05, 3.63) is 12.4 Å². The molecule has 0 aliphatic carbocycles. The van der Waals surface area contributed by atoms with Crippen molar-refractivity contribution in [3.63, 3.8) is 0 Å². The first-order valence-electron chi connectivity index (χ1n) is 4.45. The quantitative estimate of drug-likeness (QED) is 0.688. The average Bonchev–Trinajstić information content (AvgIpc) is 2.52. The standard InChI is InChI=1S/C9H16N2O/c1-4-8(3)12-9-6-10-11(5-2)7-9/h6-8H,4-5H2,1-3H3. The maximum absolute atomic E-state index is 5.56. The molecule has 0 N–H and O–H groups in total. The summed E-state index contributed by atoms with van der Waals surface area (Å²) in [4.78, 5) is 0. The number of aryl methyl sites for hydroxylation is 1. The third kappa shape index (κ3) is 2.26. The number of ether oxygens (including phenoxy) is 1. The van der Waals surface area contributed by atoms with E-state index in [0.717, 1.165) is 18.7 Å². The molecule has 0 spiro atoms. The minimum atomic E-state index is 0.277. The zero-order valence-corrected chi connectivity index (χ0v) is 7.95. The largest absolute Gasteiger partial charge is 0.487 e. The third-order valence-electron chi connectivity index (χ3n) is 1.85. The number of aromatic nitrogens is 2. The lowest BCUT2D eigenvalue weighted by Gasteiger charge is -2.09. The normalized spacial score (nSPS) is 12.9. The lowest BCUT2D eigenvalue weighted by atomic mass is 10.3. The molecule has 1 aromatic heterocycles. The van der Waals surface area contributed by atoms with Gasteiger partial charge in [0.1, 0.15) is 0 Å². The fraction of sp³-hybridized carbons (Fsp3) is 0.667. The summed E-state index contributed by atoms with van der Waals surface area (Å²) in [6, 6.07) is 0. The van der Waals surface area contributed by atoms with Crippen molar-refractivity contribution in [3.8, 4) is 5.75 Å². The van der Waals surface area contributed by atoms with Gasteiger partial charge in [-0.3, -0.25) is 4.68 Å². The average molecular weight is 168 g/mol. The molecule has 1 heterocycles. The Morgan fingerprint density at radius 1 is 1.58 bits per heavy atom. The molecule has 0 bridgehead atoms. The van der Waals surface area contributed by atoms with E-state index in [0.29, 0.717) is 0 Å². The van der Waals surface area contributed by atoms with Crippen LogP contribution < -0.4 is 4.74 Å². The van der Waals surface area contributed by atoms with Crippen molar-refractivity contribution >= 4 is 0 Å². The molecular weight excluding hydrogens is 152 g/mol. The fourth-order valence-corrected chi connectivity index (χ4v) is 0.894. The summed E-state index contributed by atoms with van der Waals surface area (Å²) in [6.45, 7) is 7.11. The summed E-state index contributed by atoms with van der Waals surface area (Å²) < 4.78 is 7.42. The molecule has 3 nitrogen and oxygen atoms in total. The van der Waals surface area contributed by atoms with Crippen LogP contribution in [-0.2, 0) is 6.54 Å². The molecule has 12 heavy (non-hydrogen) atoms. The number of hydrogen-bond donors (Lipinski definition) is 0. The summed E-state index contributed by atoms with van der Waals surface area (Å²) in [7, 11) is 0. The van der Waals surface area contributed by atoms with E-state index >= 15 is 0 Å². The molecule has 0 amide bonds. The number of hydrogen-bond acceptors (Lipinski definition) is 2. The highest BCUT2D eigenvalue weighted by Crippen LogP contribution is 2.11. The Morgan fingerprint density at radius 2 is 2.33 bits per heavy atom. The second-order valence-corrected chi connectivity index (χ2v) is 2.87. The Hall–Kier alpha value is -0.990. The number of nitrogens with zero attached hydrogens (tertiary/aromatic N) is 2. The van der Waals surface area contributed by atoms with Gasteiger partial charge < -0.3 is 4.74 Å². The van der Waals surface area contributed by atoms with E-state index in [9.17, 15) is 0 Å². The van der Waals surface area contributed by atoms with Crippen LogP contribution in [0.25, 0.3) is 0 Å². The van der Waals surface area contributed by atoms with Crippen LogP contribution in [0.15, 0.2) is 12.4 Å². The van der Waals surface area contributed by atoms with Crippen LogP contribution in [0.4, 0.5) is 0 Å². The van der Waals surface area contributed by atoms with E-state index in [2.05, 4.69) is 25.9 Å². The molecule has 3 heteroatoms. The highest BCUT2D eigenvalue weighted by atomic mass is 16.5. The smallest absolute Gasteiger partial charge is 0.157 e. The van der Waals surface area contributed by atoms with Gasteiger partial charge >= 0.3 is 0 Å². The van der Waals surface area contributed by atoms with Gasteiger partial charge in [0.15, 0.2) is 5.75 Å². The van der Waals surface area contributed by atoms with Crippen molar-refractivity contribution < 1.29 is 4.74 Å². The van der Waals surface area contributed by atoms with Gasteiger partial charge in [-0.05, 0) is 20.3 Å². The molecule has 0 fully saturated rings.